The standard InChI is InChI=1S/C18H17F3N4O/c1-3-11(4-2)25-14(26)8-5-10-9-22-18(24-17(10)25)23-13-7-6-12(19)15(20)16(13)21/h5-9,11H,3-4H2,1-2H3,(H,22,23,24). The summed E-state index contributed by atoms with van der Waals surface area (Å²) in [5, 5.41) is 3.18. The second-order valence-electron chi connectivity index (χ2n) is 5.83. The molecule has 136 valence electrons. The summed E-state index contributed by atoms with van der Waals surface area (Å²) in [6.07, 6.45) is 2.96. The van der Waals surface area contributed by atoms with Gasteiger partial charge >= 0.3 is 0 Å². The van der Waals surface area contributed by atoms with E-state index in [9.17, 15) is 18.0 Å². The van der Waals surface area contributed by atoms with E-state index in [-0.39, 0.29) is 23.2 Å². The van der Waals surface area contributed by atoms with Gasteiger partial charge in [-0.25, -0.2) is 18.2 Å². The molecule has 8 heteroatoms. The Labute approximate surface area is 147 Å². The van der Waals surface area contributed by atoms with E-state index in [2.05, 4.69) is 15.3 Å². The summed E-state index contributed by atoms with van der Waals surface area (Å²) in [5.74, 6) is -4.24. The van der Waals surface area contributed by atoms with Crippen molar-refractivity contribution in [3.05, 3.63) is 58.3 Å². The van der Waals surface area contributed by atoms with Crippen molar-refractivity contribution in [3.63, 3.8) is 0 Å². The van der Waals surface area contributed by atoms with Crippen molar-refractivity contribution in [1.29, 1.82) is 0 Å². The Hall–Kier alpha value is -2.90. The molecule has 0 saturated heterocycles. The molecule has 5 nitrogen and oxygen atoms in total. The average Bonchev–Trinajstić information content (AvgIpc) is 2.65. The molecule has 0 saturated carbocycles. The van der Waals surface area contributed by atoms with Crippen LogP contribution in [0.15, 0.2) is 35.3 Å². The molecule has 0 aliphatic rings. The van der Waals surface area contributed by atoms with E-state index < -0.39 is 17.5 Å². The number of benzene rings is 1. The Morgan fingerprint density at radius 2 is 1.81 bits per heavy atom. The Morgan fingerprint density at radius 3 is 2.50 bits per heavy atom. The molecule has 2 aromatic heterocycles. The van der Waals surface area contributed by atoms with Crippen LogP contribution in [0.4, 0.5) is 24.8 Å². The molecule has 0 aliphatic heterocycles. The molecule has 1 N–H and O–H groups in total. The van der Waals surface area contributed by atoms with Crippen LogP contribution < -0.4 is 10.9 Å². The molecule has 0 radical (unpaired) electrons. The van der Waals surface area contributed by atoms with Gasteiger partial charge in [0.15, 0.2) is 17.5 Å². The van der Waals surface area contributed by atoms with Gasteiger partial charge in [-0.05, 0) is 31.0 Å². The molecule has 3 aromatic rings. The lowest BCUT2D eigenvalue weighted by atomic mass is 10.1. The summed E-state index contributed by atoms with van der Waals surface area (Å²) in [5.41, 5.74) is -0.0999. The Kier molecular flexibility index (Phi) is 4.92. The van der Waals surface area contributed by atoms with Crippen LogP contribution in [-0.4, -0.2) is 14.5 Å². The first-order chi connectivity index (χ1) is 12.5. The zero-order valence-corrected chi connectivity index (χ0v) is 14.3. The lowest BCUT2D eigenvalue weighted by molar-refractivity contribution is 0.449. The number of hydrogen-bond donors (Lipinski definition) is 1. The van der Waals surface area contributed by atoms with Gasteiger partial charge in [0.25, 0.3) is 5.56 Å². The summed E-state index contributed by atoms with van der Waals surface area (Å²) < 4.78 is 41.9. The van der Waals surface area contributed by atoms with Crippen molar-refractivity contribution >= 4 is 22.7 Å². The minimum absolute atomic E-state index is 0.0206. The van der Waals surface area contributed by atoms with Crippen LogP contribution >= 0.6 is 0 Å². The van der Waals surface area contributed by atoms with E-state index in [4.69, 9.17) is 0 Å². The Bertz CT molecular complexity index is 1020. The van der Waals surface area contributed by atoms with Crippen LogP contribution in [0.2, 0.25) is 0 Å². The predicted molar refractivity (Wildman–Crippen MR) is 93.0 cm³/mol. The van der Waals surface area contributed by atoms with Crippen LogP contribution in [-0.2, 0) is 0 Å². The van der Waals surface area contributed by atoms with Gasteiger partial charge in [0, 0.05) is 23.7 Å². The van der Waals surface area contributed by atoms with Crippen molar-refractivity contribution in [1.82, 2.24) is 14.5 Å². The molecule has 26 heavy (non-hydrogen) atoms. The molecule has 0 unspecified atom stereocenters. The van der Waals surface area contributed by atoms with E-state index in [0.29, 0.717) is 11.0 Å². The number of halogens is 3. The van der Waals surface area contributed by atoms with Gasteiger partial charge in [-0.1, -0.05) is 13.8 Å². The lowest BCUT2D eigenvalue weighted by Crippen LogP contribution is -2.24. The van der Waals surface area contributed by atoms with Crippen molar-refractivity contribution in [2.75, 3.05) is 5.32 Å². The highest BCUT2D eigenvalue weighted by molar-refractivity contribution is 5.75. The smallest absolute Gasteiger partial charge is 0.252 e. The minimum atomic E-state index is -1.58. The third-order valence-electron chi connectivity index (χ3n) is 4.26. The largest absolute Gasteiger partial charge is 0.322 e. The van der Waals surface area contributed by atoms with E-state index in [1.165, 1.54) is 12.3 Å². The van der Waals surface area contributed by atoms with Crippen LogP contribution in [0.1, 0.15) is 32.7 Å². The maximum absolute atomic E-state index is 13.9. The monoisotopic (exact) mass is 362 g/mol. The quantitative estimate of drug-likeness (QED) is 0.687. The number of fused-ring (bicyclic) bond motifs is 1. The molecule has 0 aliphatic carbocycles. The summed E-state index contributed by atoms with van der Waals surface area (Å²) >= 11 is 0. The Balaban J connectivity index is 2.10. The van der Waals surface area contributed by atoms with E-state index in [1.807, 2.05) is 13.8 Å². The van der Waals surface area contributed by atoms with Gasteiger partial charge in [-0.2, -0.15) is 4.98 Å². The zero-order valence-electron chi connectivity index (χ0n) is 14.3. The molecule has 0 spiro atoms. The summed E-state index contributed by atoms with van der Waals surface area (Å²) in [7, 11) is 0. The van der Waals surface area contributed by atoms with Gasteiger partial charge in [0.2, 0.25) is 5.95 Å². The predicted octanol–water partition coefficient (Wildman–Crippen LogP) is 4.31. The third-order valence-corrected chi connectivity index (χ3v) is 4.26. The second kappa shape index (κ2) is 7.15. The Morgan fingerprint density at radius 1 is 1.08 bits per heavy atom. The number of hydrogen-bond acceptors (Lipinski definition) is 4. The molecule has 2 heterocycles. The van der Waals surface area contributed by atoms with Gasteiger partial charge in [0.1, 0.15) is 5.65 Å². The number of nitrogens with one attached hydrogen (secondary N) is 1. The third kappa shape index (κ3) is 3.14. The average molecular weight is 362 g/mol. The second-order valence-corrected chi connectivity index (χ2v) is 5.83. The first-order valence-corrected chi connectivity index (χ1v) is 8.25. The normalized spacial score (nSPS) is 11.3. The highest BCUT2D eigenvalue weighted by atomic mass is 19.2. The summed E-state index contributed by atoms with van der Waals surface area (Å²) in [4.78, 5) is 20.7. The molecular formula is C18H17F3N4O. The van der Waals surface area contributed by atoms with Gasteiger partial charge < -0.3 is 5.32 Å². The van der Waals surface area contributed by atoms with E-state index in [1.54, 1.807) is 10.6 Å². The van der Waals surface area contributed by atoms with Crippen LogP contribution in [0, 0.1) is 17.5 Å². The highest BCUT2D eigenvalue weighted by Gasteiger charge is 2.16. The van der Waals surface area contributed by atoms with Crippen molar-refractivity contribution in [2.45, 2.75) is 32.7 Å². The van der Waals surface area contributed by atoms with Crippen LogP contribution in [0.25, 0.3) is 11.0 Å². The SMILES string of the molecule is CCC(CC)n1c(=O)ccc2cnc(Nc3ccc(F)c(F)c3F)nc21. The van der Waals surface area contributed by atoms with E-state index >= 15 is 0 Å². The number of rotatable bonds is 5. The summed E-state index contributed by atoms with van der Waals surface area (Å²) in [6, 6.07) is 4.88. The molecule has 1 aromatic carbocycles. The van der Waals surface area contributed by atoms with Crippen LogP contribution in [0.5, 0.6) is 0 Å². The van der Waals surface area contributed by atoms with Crippen molar-refractivity contribution in [2.24, 2.45) is 0 Å². The molecule has 0 bridgehead atoms. The fourth-order valence-electron chi connectivity index (χ4n) is 2.85. The molecule has 0 amide bonds. The fraction of sp³-hybridized carbons (Fsp3) is 0.278. The maximum atomic E-state index is 13.9. The van der Waals surface area contributed by atoms with Gasteiger partial charge in [-0.3, -0.25) is 9.36 Å². The molecule has 0 fully saturated rings. The molecular weight excluding hydrogens is 345 g/mol. The van der Waals surface area contributed by atoms with Gasteiger partial charge in [0.05, 0.1) is 5.69 Å². The maximum Gasteiger partial charge on any atom is 0.252 e. The first-order valence-electron chi connectivity index (χ1n) is 8.25. The van der Waals surface area contributed by atoms with Crippen molar-refractivity contribution in [3.8, 4) is 0 Å². The number of anilines is 2. The fourth-order valence-corrected chi connectivity index (χ4v) is 2.85. The highest BCUT2D eigenvalue weighted by Crippen LogP contribution is 2.24. The van der Waals surface area contributed by atoms with Crippen molar-refractivity contribution < 1.29 is 13.2 Å². The lowest BCUT2D eigenvalue weighted by Gasteiger charge is -2.18. The van der Waals surface area contributed by atoms with Crippen LogP contribution in [0.3, 0.4) is 0 Å². The number of pyridine rings is 1. The number of aromatic nitrogens is 3. The first kappa shape index (κ1) is 17.9. The molecule has 3 rings (SSSR count). The minimum Gasteiger partial charge on any atom is -0.322 e. The number of nitrogens with zero attached hydrogens (tertiary/aromatic N) is 3. The molecule has 0 atom stereocenters. The topological polar surface area (TPSA) is 59.8 Å². The zero-order chi connectivity index (χ0) is 18.8. The van der Waals surface area contributed by atoms with E-state index in [0.717, 1.165) is 25.0 Å². The summed E-state index contributed by atoms with van der Waals surface area (Å²) in [6.45, 7) is 3.94. The van der Waals surface area contributed by atoms with Gasteiger partial charge in [-0.15, -0.1) is 0 Å².